The van der Waals surface area contributed by atoms with E-state index in [0.717, 1.165) is 35.3 Å². The zero-order chi connectivity index (χ0) is 10.7. The van der Waals surface area contributed by atoms with Crippen LogP contribution in [0.25, 0.3) is 0 Å². The quantitative estimate of drug-likeness (QED) is 0.785. The van der Waals surface area contributed by atoms with Crippen LogP contribution in [0.4, 0.5) is 0 Å². The number of aryl methyl sites for hydroxylation is 1. The lowest BCUT2D eigenvalue weighted by molar-refractivity contribution is -0.00555. The predicted molar refractivity (Wildman–Crippen MR) is 60.9 cm³/mol. The molecular formula is C13H19N3. The van der Waals surface area contributed by atoms with Crippen LogP contribution in [0.5, 0.6) is 0 Å². The summed E-state index contributed by atoms with van der Waals surface area (Å²) in [5.74, 6) is 6.64. The molecule has 0 aromatic carbocycles. The molecular weight excluding hydrogens is 198 g/mol. The van der Waals surface area contributed by atoms with E-state index in [1.54, 1.807) is 0 Å². The number of rotatable bonds is 1. The van der Waals surface area contributed by atoms with Gasteiger partial charge in [-0.3, -0.25) is 5.10 Å². The van der Waals surface area contributed by atoms with Crippen molar-refractivity contribution in [3.8, 4) is 0 Å². The summed E-state index contributed by atoms with van der Waals surface area (Å²) in [6.45, 7) is 2.01. The second-order valence-electron chi connectivity index (χ2n) is 6.24. The molecule has 4 saturated carbocycles. The molecule has 86 valence electrons. The van der Waals surface area contributed by atoms with Crippen molar-refractivity contribution in [2.24, 2.45) is 23.7 Å². The molecule has 1 heterocycles. The molecule has 4 aliphatic carbocycles. The molecule has 0 spiro atoms. The Bertz CT molecular complexity index is 381. The molecule has 3 nitrogen and oxygen atoms in total. The molecule has 0 unspecified atom stereocenters. The van der Waals surface area contributed by atoms with E-state index in [1.807, 2.05) is 6.92 Å². The van der Waals surface area contributed by atoms with Gasteiger partial charge in [-0.1, -0.05) is 0 Å². The third-order valence-corrected chi connectivity index (χ3v) is 5.14. The van der Waals surface area contributed by atoms with Crippen molar-refractivity contribution >= 4 is 0 Å². The zero-order valence-electron chi connectivity index (χ0n) is 9.82. The van der Waals surface area contributed by atoms with Crippen molar-refractivity contribution in [2.45, 2.75) is 44.9 Å². The van der Waals surface area contributed by atoms with E-state index in [1.165, 1.54) is 32.1 Å². The van der Waals surface area contributed by atoms with Gasteiger partial charge in [0.1, 0.15) is 5.82 Å². The fourth-order valence-electron chi connectivity index (χ4n) is 4.86. The minimum Gasteiger partial charge on any atom is -0.263 e. The molecule has 4 bridgehead atoms. The lowest BCUT2D eigenvalue weighted by Gasteiger charge is -2.53. The third-order valence-electron chi connectivity index (χ3n) is 5.14. The van der Waals surface area contributed by atoms with E-state index in [-0.39, 0.29) is 0 Å². The topological polar surface area (TPSA) is 41.6 Å². The Morgan fingerprint density at radius 3 is 2.12 bits per heavy atom. The van der Waals surface area contributed by atoms with Gasteiger partial charge in [-0.15, -0.1) is 0 Å². The van der Waals surface area contributed by atoms with E-state index in [9.17, 15) is 0 Å². The van der Waals surface area contributed by atoms with Gasteiger partial charge in [0.15, 0.2) is 5.82 Å². The summed E-state index contributed by atoms with van der Waals surface area (Å²) in [5.41, 5.74) is 0. The van der Waals surface area contributed by atoms with E-state index in [0.29, 0.717) is 5.92 Å². The van der Waals surface area contributed by atoms with Crippen LogP contribution in [0, 0.1) is 30.6 Å². The maximum Gasteiger partial charge on any atom is 0.154 e. The summed E-state index contributed by atoms with van der Waals surface area (Å²) in [5, 5.41) is 7.44. The average molecular weight is 217 g/mol. The molecule has 0 amide bonds. The van der Waals surface area contributed by atoms with Crippen LogP contribution >= 0.6 is 0 Å². The van der Waals surface area contributed by atoms with Gasteiger partial charge in [0.2, 0.25) is 0 Å². The standard InChI is InChI=1S/C13H19N3/c1-7-14-13(16-15-7)12-10-3-8-2-9(5-10)6-11(12)4-8/h8-12H,2-6H2,1H3,(H,14,15,16). The SMILES string of the molecule is Cc1nc(C2C3CC4CC(C3)CC2C4)n[nH]1. The number of hydrogen-bond acceptors (Lipinski definition) is 2. The van der Waals surface area contributed by atoms with Crippen LogP contribution in [0.15, 0.2) is 0 Å². The molecule has 1 aromatic rings. The summed E-state index contributed by atoms with van der Waals surface area (Å²) in [4.78, 5) is 4.59. The number of aromatic amines is 1. The van der Waals surface area contributed by atoms with Crippen molar-refractivity contribution in [1.29, 1.82) is 0 Å². The maximum absolute atomic E-state index is 4.59. The smallest absolute Gasteiger partial charge is 0.154 e. The predicted octanol–water partition coefficient (Wildman–Crippen LogP) is 2.65. The average Bonchev–Trinajstić information content (AvgIpc) is 2.63. The Morgan fingerprint density at radius 2 is 1.62 bits per heavy atom. The maximum atomic E-state index is 4.59. The molecule has 1 N–H and O–H groups in total. The lowest BCUT2D eigenvalue weighted by Crippen LogP contribution is -2.44. The summed E-state index contributed by atoms with van der Waals surface area (Å²) in [7, 11) is 0. The normalized spacial score (nSPS) is 45.2. The molecule has 1 aromatic heterocycles. The van der Waals surface area contributed by atoms with Gasteiger partial charge in [0.05, 0.1) is 0 Å². The molecule has 0 radical (unpaired) electrons. The van der Waals surface area contributed by atoms with Crippen LogP contribution in [0.2, 0.25) is 0 Å². The van der Waals surface area contributed by atoms with Crippen LogP contribution in [0.3, 0.4) is 0 Å². The first-order chi connectivity index (χ1) is 7.79. The summed E-state index contributed by atoms with van der Waals surface area (Å²) >= 11 is 0. The Balaban J connectivity index is 1.69. The number of nitrogens with one attached hydrogen (secondary N) is 1. The zero-order valence-corrected chi connectivity index (χ0v) is 9.82. The minimum absolute atomic E-state index is 0.678. The van der Waals surface area contributed by atoms with Crippen LogP contribution < -0.4 is 0 Å². The molecule has 3 heteroatoms. The van der Waals surface area contributed by atoms with Crippen LogP contribution in [0.1, 0.15) is 49.7 Å². The highest BCUT2D eigenvalue weighted by atomic mass is 15.2. The van der Waals surface area contributed by atoms with Crippen LogP contribution in [-0.4, -0.2) is 15.2 Å². The number of aromatic nitrogens is 3. The summed E-state index contributed by atoms with van der Waals surface area (Å²) < 4.78 is 0. The van der Waals surface area contributed by atoms with Gasteiger partial charge in [-0.05, 0) is 62.7 Å². The van der Waals surface area contributed by atoms with E-state index >= 15 is 0 Å². The monoisotopic (exact) mass is 217 g/mol. The molecule has 0 aliphatic heterocycles. The van der Waals surface area contributed by atoms with Gasteiger partial charge >= 0.3 is 0 Å². The van der Waals surface area contributed by atoms with Gasteiger partial charge < -0.3 is 0 Å². The third kappa shape index (κ3) is 1.20. The van der Waals surface area contributed by atoms with Crippen LogP contribution in [-0.2, 0) is 0 Å². The van der Waals surface area contributed by atoms with E-state index < -0.39 is 0 Å². The Labute approximate surface area is 96.0 Å². The molecule has 4 aliphatic rings. The Hall–Kier alpha value is -0.860. The van der Waals surface area contributed by atoms with E-state index in [4.69, 9.17) is 0 Å². The first-order valence-corrected chi connectivity index (χ1v) is 6.68. The molecule has 5 rings (SSSR count). The number of H-pyrrole nitrogens is 1. The van der Waals surface area contributed by atoms with E-state index in [2.05, 4.69) is 15.2 Å². The van der Waals surface area contributed by atoms with Gasteiger partial charge in [0.25, 0.3) is 0 Å². The second-order valence-corrected chi connectivity index (χ2v) is 6.24. The highest BCUT2D eigenvalue weighted by Gasteiger charge is 2.49. The first-order valence-electron chi connectivity index (χ1n) is 6.68. The largest absolute Gasteiger partial charge is 0.263 e. The summed E-state index contributed by atoms with van der Waals surface area (Å²) in [6, 6.07) is 0. The fourth-order valence-corrected chi connectivity index (χ4v) is 4.86. The molecule has 4 fully saturated rings. The first kappa shape index (κ1) is 9.20. The highest BCUT2D eigenvalue weighted by molar-refractivity contribution is 5.10. The number of nitrogens with zero attached hydrogens (tertiary/aromatic N) is 2. The van der Waals surface area contributed by atoms with Crippen molar-refractivity contribution in [3.05, 3.63) is 11.6 Å². The van der Waals surface area contributed by atoms with Crippen molar-refractivity contribution < 1.29 is 0 Å². The van der Waals surface area contributed by atoms with Crippen molar-refractivity contribution in [3.63, 3.8) is 0 Å². The van der Waals surface area contributed by atoms with Gasteiger partial charge in [-0.2, -0.15) is 5.10 Å². The van der Waals surface area contributed by atoms with Crippen molar-refractivity contribution in [1.82, 2.24) is 15.2 Å². The van der Waals surface area contributed by atoms with Crippen molar-refractivity contribution in [2.75, 3.05) is 0 Å². The fraction of sp³-hybridized carbons (Fsp3) is 0.846. The highest BCUT2D eigenvalue weighted by Crippen LogP contribution is 2.59. The van der Waals surface area contributed by atoms with Gasteiger partial charge in [0, 0.05) is 5.92 Å². The molecule has 0 saturated heterocycles. The number of hydrogen-bond donors (Lipinski definition) is 1. The molecule has 16 heavy (non-hydrogen) atoms. The Morgan fingerprint density at radius 1 is 1.00 bits per heavy atom. The minimum atomic E-state index is 0.678. The lowest BCUT2D eigenvalue weighted by atomic mass is 9.52. The molecule has 0 atom stereocenters. The summed E-state index contributed by atoms with van der Waals surface area (Å²) in [6.07, 6.45) is 7.32. The van der Waals surface area contributed by atoms with Gasteiger partial charge in [-0.25, -0.2) is 4.98 Å². The second kappa shape index (κ2) is 3.08. The Kier molecular flexibility index (Phi) is 1.77.